The molecular weight excluding hydrogens is 358 g/mol. The van der Waals surface area contributed by atoms with Gasteiger partial charge >= 0.3 is 0 Å². The Bertz CT molecular complexity index is 927. The molecule has 0 aliphatic rings. The second kappa shape index (κ2) is 7.41. The molecule has 3 rings (SSSR count). The second-order valence-electron chi connectivity index (χ2n) is 5.83. The van der Waals surface area contributed by atoms with E-state index < -0.39 is 0 Å². The van der Waals surface area contributed by atoms with E-state index in [1.54, 1.807) is 11.9 Å². The average molecular weight is 376 g/mol. The molecule has 25 heavy (non-hydrogen) atoms. The number of aryl methyl sites for hydroxylation is 2. The average Bonchev–Trinajstić information content (AvgIpc) is 2.95. The molecule has 2 aromatic heterocycles. The number of nitrogens with zero attached hydrogens (tertiary/aromatic N) is 5. The van der Waals surface area contributed by atoms with Gasteiger partial charge in [0, 0.05) is 30.0 Å². The molecular formula is C17H18ClN5OS. The van der Waals surface area contributed by atoms with Gasteiger partial charge < -0.3 is 4.90 Å². The fourth-order valence-corrected chi connectivity index (χ4v) is 3.67. The van der Waals surface area contributed by atoms with E-state index in [9.17, 15) is 4.79 Å². The van der Waals surface area contributed by atoms with Crippen LogP contribution in [0.4, 0.5) is 0 Å². The zero-order valence-corrected chi connectivity index (χ0v) is 15.8. The Morgan fingerprint density at radius 3 is 2.84 bits per heavy atom. The quantitative estimate of drug-likeness (QED) is 0.641. The standard InChI is InChI=1S/C17H18ClN5OS/c1-11-7-12(2)23-16(19-11)20-21-17(23)25-10-15(24)22(3)9-13-5-4-6-14(18)8-13/h4-8H,9-10H2,1-3H3. The van der Waals surface area contributed by atoms with Crippen LogP contribution >= 0.6 is 23.4 Å². The van der Waals surface area contributed by atoms with Crippen molar-refractivity contribution < 1.29 is 4.79 Å². The Morgan fingerprint density at radius 1 is 1.28 bits per heavy atom. The summed E-state index contributed by atoms with van der Waals surface area (Å²) in [6, 6.07) is 9.48. The first-order chi connectivity index (χ1) is 11.9. The van der Waals surface area contributed by atoms with E-state index in [1.807, 2.05) is 48.6 Å². The highest BCUT2D eigenvalue weighted by molar-refractivity contribution is 7.99. The van der Waals surface area contributed by atoms with E-state index in [2.05, 4.69) is 15.2 Å². The highest BCUT2D eigenvalue weighted by atomic mass is 35.5. The molecule has 6 nitrogen and oxygen atoms in total. The first kappa shape index (κ1) is 17.7. The normalized spacial score (nSPS) is 11.0. The molecule has 8 heteroatoms. The van der Waals surface area contributed by atoms with Gasteiger partial charge in [-0.1, -0.05) is 35.5 Å². The Balaban J connectivity index is 1.66. The summed E-state index contributed by atoms with van der Waals surface area (Å²) in [5.74, 6) is 0.852. The number of thioether (sulfide) groups is 1. The molecule has 0 radical (unpaired) electrons. The minimum Gasteiger partial charge on any atom is -0.341 e. The van der Waals surface area contributed by atoms with Crippen LogP contribution in [0, 0.1) is 13.8 Å². The lowest BCUT2D eigenvalue weighted by Crippen LogP contribution is -2.27. The Morgan fingerprint density at radius 2 is 2.08 bits per heavy atom. The zero-order valence-electron chi connectivity index (χ0n) is 14.2. The fourth-order valence-electron chi connectivity index (χ4n) is 2.53. The number of aromatic nitrogens is 4. The van der Waals surface area contributed by atoms with Crippen molar-refractivity contribution in [3.8, 4) is 0 Å². The molecule has 0 saturated carbocycles. The Hall–Kier alpha value is -2.12. The predicted octanol–water partition coefficient (Wildman–Crippen LogP) is 3.15. The summed E-state index contributed by atoms with van der Waals surface area (Å²) >= 11 is 7.35. The van der Waals surface area contributed by atoms with Crippen molar-refractivity contribution in [1.82, 2.24) is 24.5 Å². The fraction of sp³-hybridized carbons (Fsp3) is 0.294. The number of carbonyl (C=O) groups is 1. The summed E-state index contributed by atoms with van der Waals surface area (Å²) in [5, 5.41) is 9.57. The first-order valence-electron chi connectivity index (χ1n) is 7.74. The summed E-state index contributed by atoms with van der Waals surface area (Å²) in [4.78, 5) is 18.4. The van der Waals surface area contributed by atoms with Gasteiger partial charge in [-0.15, -0.1) is 10.2 Å². The summed E-state index contributed by atoms with van der Waals surface area (Å²) < 4.78 is 1.86. The van der Waals surface area contributed by atoms with Crippen LogP contribution in [0.3, 0.4) is 0 Å². The first-order valence-corrected chi connectivity index (χ1v) is 9.11. The molecule has 0 atom stereocenters. The number of rotatable bonds is 5. The van der Waals surface area contributed by atoms with E-state index in [0.717, 1.165) is 17.0 Å². The van der Waals surface area contributed by atoms with Crippen LogP contribution in [0.25, 0.3) is 5.78 Å². The summed E-state index contributed by atoms with van der Waals surface area (Å²) in [6.45, 7) is 4.41. The molecule has 1 aromatic carbocycles. The van der Waals surface area contributed by atoms with Gasteiger partial charge in [0.15, 0.2) is 5.16 Å². The number of hydrogen-bond donors (Lipinski definition) is 0. The molecule has 3 aromatic rings. The summed E-state index contributed by atoms with van der Waals surface area (Å²) in [7, 11) is 1.78. The van der Waals surface area contributed by atoms with Crippen molar-refractivity contribution >= 4 is 35.0 Å². The lowest BCUT2D eigenvalue weighted by molar-refractivity contribution is -0.127. The third kappa shape index (κ3) is 4.11. The third-order valence-electron chi connectivity index (χ3n) is 3.72. The SMILES string of the molecule is Cc1cc(C)n2c(SCC(=O)N(C)Cc3cccc(Cl)c3)nnc2n1. The van der Waals surface area contributed by atoms with Gasteiger partial charge in [-0.2, -0.15) is 0 Å². The number of fused-ring (bicyclic) bond motifs is 1. The van der Waals surface area contributed by atoms with Crippen molar-refractivity contribution in [2.45, 2.75) is 25.5 Å². The molecule has 0 spiro atoms. The second-order valence-corrected chi connectivity index (χ2v) is 7.20. The molecule has 0 N–H and O–H groups in total. The zero-order chi connectivity index (χ0) is 18.0. The van der Waals surface area contributed by atoms with Gasteiger partial charge in [0.25, 0.3) is 5.78 Å². The van der Waals surface area contributed by atoms with Gasteiger partial charge in [-0.05, 0) is 37.6 Å². The van der Waals surface area contributed by atoms with E-state index in [0.29, 0.717) is 22.5 Å². The number of halogens is 1. The molecule has 0 bridgehead atoms. The van der Waals surface area contributed by atoms with Crippen LogP contribution < -0.4 is 0 Å². The van der Waals surface area contributed by atoms with Crippen LogP contribution in [-0.4, -0.2) is 43.2 Å². The van der Waals surface area contributed by atoms with E-state index >= 15 is 0 Å². The van der Waals surface area contributed by atoms with E-state index in [4.69, 9.17) is 11.6 Å². The Kier molecular flexibility index (Phi) is 5.24. The number of hydrogen-bond acceptors (Lipinski definition) is 5. The highest BCUT2D eigenvalue weighted by Crippen LogP contribution is 2.19. The van der Waals surface area contributed by atoms with Crippen LogP contribution in [0.5, 0.6) is 0 Å². The molecule has 0 saturated heterocycles. The van der Waals surface area contributed by atoms with E-state index in [-0.39, 0.29) is 11.7 Å². The maximum atomic E-state index is 12.4. The van der Waals surface area contributed by atoms with Crippen LogP contribution in [-0.2, 0) is 11.3 Å². The summed E-state index contributed by atoms with van der Waals surface area (Å²) in [5.41, 5.74) is 2.89. The maximum Gasteiger partial charge on any atom is 0.256 e. The lowest BCUT2D eigenvalue weighted by Gasteiger charge is -2.17. The van der Waals surface area contributed by atoms with Gasteiger partial charge in [0.05, 0.1) is 5.75 Å². The molecule has 130 valence electrons. The van der Waals surface area contributed by atoms with Gasteiger partial charge in [0.2, 0.25) is 5.91 Å². The van der Waals surface area contributed by atoms with Gasteiger partial charge in [0.1, 0.15) is 0 Å². The molecule has 1 amide bonds. The molecule has 2 heterocycles. The minimum absolute atomic E-state index is 0.0134. The number of carbonyl (C=O) groups excluding carboxylic acids is 1. The topological polar surface area (TPSA) is 63.4 Å². The van der Waals surface area contributed by atoms with Crippen molar-refractivity contribution in [2.24, 2.45) is 0 Å². The largest absolute Gasteiger partial charge is 0.341 e. The molecule has 0 aliphatic heterocycles. The van der Waals surface area contributed by atoms with Crippen LogP contribution in [0.15, 0.2) is 35.5 Å². The predicted molar refractivity (Wildman–Crippen MR) is 98.9 cm³/mol. The molecule has 0 unspecified atom stereocenters. The lowest BCUT2D eigenvalue weighted by atomic mass is 10.2. The number of amides is 1. The van der Waals surface area contributed by atoms with Crippen molar-refractivity contribution in [1.29, 1.82) is 0 Å². The monoisotopic (exact) mass is 375 g/mol. The summed E-state index contributed by atoms with van der Waals surface area (Å²) in [6.07, 6.45) is 0. The molecule has 0 aliphatic carbocycles. The van der Waals surface area contributed by atoms with Crippen LogP contribution in [0.2, 0.25) is 5.02 Å². The molecule has 0 fully saturated rings. The van der Waals surface area contributed by atoms with Crippen LogP contribution in [0.1, 0.15) is 17.0 Å². The Labute approximate surface area is 155 Å². The van der Waals surface area contributed by atoms with Gasteiger partial charge in [-0.25, -0.2) is 4.98 Å². The third-order valence-corrected chi connectivity index (χ3v) is 4.87. The van der Waals surface area contributed by atoms with Crippen molar-refractivity contribution in [2.75, 3.05) is 12.8 Å². The van der Waals surface area contributed by atoms with Crippen molar-refractivity contribution in [3.05, 3.63) is 52.3 Å². The minimum atomic E-state index is 0.0134. The number of benzene rings is 1. The smallest absolute Gasteiger partial charge is 0.256 e. The highest BCUT2D eigenvalue weighted by Gasteiger charge is 2.15. The van der Waals surface area contributed by atoms with E-state index in [1.165, 1.54) is 11.8 Å². The van der Waals surface area contributed by atoms with Gasteiger partial charge in [-0.3, -0.25) is 9.20 Å². The maximum absolute atomic E-state index is 12.4. The van der Waals surface area contributed by atoms with Crippen molar-refractivity contribution in [3.63, 3.8) is 0 Å².